The third-order valence-electron chi connectivity index (χ3n) is 1.60. The zero-order chi connectivity index (χ0) is 11.9. The Morgan fingerprint density at radius 3 is 2.31 bits per heavy atom. The molecule has 6 nitrogen and oxygen atoms in total. The van der Waals surface area contributed by atoms with Crippen molar-refractivity contribution in [3.8, 4) is 0 Å². The summed E-state index contributed by atoms with van der Waals surface area (Å²) in [5.41, 5.74) is 2.55. The fourth-order valence-corrected chi connectivity index (χ4v) is 2.93. The second kappa shape index (κ2) is 4.52. The number of rotatable bonds is 1. The first kappa shape index (κ1) is 12.7. The summed E-state index contributed by atoms with van der Waals surface area (Å²) in [5, 5.41) is 0.886. The van der Waals surface area contributed by atoms with Crippen LogP contribution in [0.4, 0.5) is 5.69 Å². The predicted octanol–water partition coefficient (Wildman–Crippen LogP) is 2.41. The number of nitrogens with zero attached hydrogens (tertiary/aromatic N) is 1. The molecule has 0 amide bonds. The summed E-state index contributed by atoms with van der Waals surface area (Å²) in [6.07, 6.45) is 0. The Morgan fingerprint density at radius 2 is 1.75 bits per heavy atom. The number of anilines is 1. The van der Waals surface area contributed by atoms with E-state index in [0.717, 1.165) is 14.1 Å². The summed E-state index contributed by atoms with van der Waals surface area (Å²) >= 11 is 9.86. The van der Waals surface area contributed by atoms with Crippen molar-refractivity contribution in [1.29, 1.82) is 0 Å². The molecule has 0 atom stereocenters. The van der Waals surface area contributed by atoms with Crippen molar-refractivity contribution in [2.24, 2.45) is 0 Å². The van der Waals surface area contributed by atoms with Crippen LogP contribution in [0.25, 0.3) is 0 Å². The maximum absolute atomic E-state index is 10.9. The molecule has 1 aliphatic rings. The van der Waals surface area contributed by atoms with Gasteiger partial charge in [0.2, 0.25) is 0 Å². The molecule has 1 heterocycles. The Hall–Kier alpha value is 0.290. The van der Waals surface area contributed by atoms with Gasteiger partial charge in [0.1, 0.15) is 5.69 Å². The van der Waals surface area contributed by atoms with Gasteiger partial charge in [-0.25, -0.2) is 0 Å². The highest BCUT2D eigenvalue weighted by atomic mass is 79.9. The molecule has 16 heavy (non-hydrogen) atoms. The van der Waals surface area contributed by atoms with E-state index < -0.39 is 10.4 Å². The van der Waals surface area contributed by atoms with Crippen molar-refractivity contribution in [2.45, 2.75) is 0 Å². The van der Waals surface area contributed by atoms with Crippen molar-refractivity contribution in [3.63, 3.8) is 0 Å². The molecular weight excluding hydrogens is 436 g/mol. The lowest BCUT2D eigenvalue weighted by atomic mass is 10.3. The van der Waals surface area contributed by atoms with Crippen LogP contribution in [0.5, 0.6) is 0 Å². The van der Waals surface area contributed by atoms with Crippen LogP contribution in [0.2, 0.25) is 0 Å². The number of benzene rings is 1. The van der Waals surface area contributed by atoms with E-state index in [1.165, 1.54) is 0 Å². The minimum atomic E-state index is -4.02. The van der Waals surface area contributed by atoms with Gasteiger partial charge in [-0.05, 0) is 59.9 Å². The summed E-state index contributed by atoms with van der Waals surface area (Å²) < 4.78 is 32.7. The fourth-order valence-electron chi connectivity index (χ4n) is 0.958. The zero-order valence-electron chi connectivity index (χ0n) is 7.28. The molecule has 88 valence electrons. The van der Waals surface area contributed by atoms with E-state index in [0.29, 0.717) is 10.2 Å². The molecule has 1 N–H and O–H groups in total. The topological polar surface area (TPSA) is 67.9 Å². The summed E-state index contributed by atoms with van der Waals surface area (Å²) in [5.74, 6) is 0. The Morgan fingerprint density at radius 1 is 1.12 bits per heavy atom. The maximum atomic E-state index is 10.9. The third-order valence-corrected chi connectivity index (χ3v) is 4.69. The molecule has 1 aromatic carbocycles. The monoisotopic (exact) mass is 436 g/mol. The predicted molar refractivity (Wildman–Crippen MR) is 66.2 cm³/mol. The van der Waals surface area contributed by atoms with E-state index in [4.69, 9.17) is 0 Å². The highest BCUT2D eigenvalue weighted by Gasteiger charge is 2.30. The minimum absolute atomic E-state index is 0.441. The average molecular weight is 439 g/mol. The standard InChI is InChI=1S/C6H3Br3N2O4S/c7-3-1-5(9)6(2-4(3)8)11-10-14-16(12,13)15-11/h1-2,10H. The van der Waals surface area contributed by atoms with Gasteiger partial charge in [0.25, 0.3) is 0 Å². The first-order chi connectivity index (χ1) is 7.39. The largest absolute Gasteiger partial charge is 0.440 e. The molecule has 2 rings (SSSR count). The van der Waals surface area contributed by atoms with Gasteiger partial charge in [0.15, 0.2) is 0 Å². The third kappa shape index (κ3) is 2.58. The number of hydrogen-bond donors (Lipinski definition) is 1. The van der Waals surface area contributed by atoms with Gasteiger partial charge in [-0.1, -0.05) is 5.59 Å². The number of hydrazine groups is 1. The van der Waals surface area contributed by atoms with E-state index in [2.05, 4.69) is 61.9 Å². The van der Waals surface area contributed by atoms with Gasteiger partial charge in [-0.15, -0.1) is 13.7 Å². The number of nitrogens with one attached hydrogen (secondary N) is 1. The smallest absolute Gasteiger partial charge is 0.165 e. The molecule has 0 bridgehead atoms. The Labute approximate surface area is 116 Å². The summed E-state index contributed by atoms with van der Waals surface area (Å²) in [6.45, 7) is 0. The molecule has 0 aliphatic carbocycles. The van der Waals surface area contributed by atoms with Crippen LogP contribution in [0.15, 0.2) is 25.6 Å². The molecule has 0 unspecified atom stereocenters. The Balaban J connectivity index is 2.39. The molecule has 0 saturated carbocycles. The average Bonchev–Trinajstić information content (AvgIpc) is 2.52. The normalized spacial score (nSPS) is 19.1. The van der Waals surface area contributed by atoms with Crippen LogP contribution in [0.1, 0.15) is 0 Å². The minimum Gasteiger partial charge on any atom is -0.165 e. The first-order valence-electron chi connectivity index (χ1n) is 3.72. The van der Waals surface area contributed by atoms with Crippen LogP contribution in [-0.4, -0.2) is 8.42 Å². The zero-order valence-corrected chi connectivity index (χ0v) is 12.9. The van der Waals surface area contributed by atoms with Crippen LogP contribution >= 0.6 is 47.8 Å². The molecule has 10 heteroatoms. The summed E-state index contributed by atoms with van der Waals surface area (Å²) in [6, 6.07) is 3.38. The molecule has 0 radical (unpaired) electrons. The van der Waals surface area contributed by atoms with E-state index >= 15 is 0 Å². The second-order valence-electron chi connectivity index (χ2n) is 2.67. The molecule has 0 spiro atoms. The summed E-state index contributed by atoms with van der Waals surface area (Å²) in [7, 11) is -4.02. The SMILES string of the molecule is O=S1(=O)ONN(c2cc(Br)c(Br)cc2Br)O1. The Bertz CT molecular complexity index is 535. The van der Waals surface area contributed by atoms with Gasteiger partial charge in [-0.3, -0.25) is 0 Å². The van der Waals surface area contributed by atoms with Crippen molar-refractivity contribution < 1.29 is 17.0 Å². The lowest BCUT2D eigenvalue weighted by Gasteiger charge is -2.13. The highest BCUT2D eigenvalue weighted by Crippen LogP contribution is 2.35. The molecule has 0 aromatic heterocycles. The van der Waals surface area contributed by atoms with Gasteiger partial charge in [-0.2, -0.15) is 8.42 Å². The molecule has 1 aliphatic heterocycles. The number of halogens is 3. The van der Waals surface area contributed by atoms with Crippen LogP contribution in [-0.2, 0) is 19.0 Å². The quantitative estimate of drug-likeness (QED) is 0.679. The molecular formula is C6H3Br3N2O4S. The van der Waals surface area contributed by atoms with Crippen molar-refractivity contribution >= 4 is 63.9 Å². The van der Waals surface area contributed by atoms with Crippen LogP contribution in [0.3, 0.4) is 0 Å². The summed E-state index contributed by atoms with van der Waals surface area (Å²) in [4.78, 5) is 0. The maximum Gasteiger partial charge on any atom is 0.440 e. The van der Waals surface area contributed by atoms with E-state index in [9.17, 15) is 8.42 Å². The van der Waals surface area contributed by atoms with Gasteiger partial charge in [0, 0.05) is 13.4 Å². The van der Waals surface area contributed by atoms with Crippen LogP contribution in [0, 0.1) is 0 Å². The van der Waals surface area contributed by atoms with Crippen molar-refractivity contribution in [2.75, 3.05) is 5.17 Å². The Kier molecular flexibility index (Phi) is 3.60. The second-order valence-corrected chi connectivity index (χ2v) is 6.36. The lowest BCUT2D eigenvalue weighted by Crippen LogP contribution is -2.28. The van der Waals surface area contributed by atoms with Crippen molar-refractivity contribution in [3.05, 3.63) is 25.6 Å². The molecule has 1 fully saturated rings. The van der Waals surface area contributed by atoms with E-state index in [1.807, 2.05) is 0 Å². The highest BCUT2D eigenvalue weighted by molar-refractivity contribution is 9.13. The van der Waals surface area contributed by atoms with Crippen LogP contribution < -0.4 is 10.8 Å². The van der Waals surface area contributed by atoms with Gasteiger partial charge in [0.05, 0.1) is 0 Å². The van der Waals surface area contributed by atoms with Gasteiger partial charge >= 0.3 is 10.4 Å². The molecule has 1 saturated heterocycles. The van der Waals surface area contributed by atoms with Gasteiger partial charge < -0.3 is 0 Å². The first-order valence-corrected chi connectivity index (χ1v) is 7.43. The molecule has 1 aromatic rings. The van der Waals surface area contributed by atoms with E-state index in [1.54, 1.807) is 12.1 Å². The fraction of sp³-hybridized carbons (Fsp3) is 0. The number of hydrogen-bond acceptors (Lipinski definition) is 6. The van der Waals surface area contributed by atoms with E-state index in [-0.39, 0.29) is 0 Å². The lowest BCUT2D eigenvalue weighted by molar-refractivity contribution is 0.198. The van der Waals surface area contributed by atoms with Crippen molar-refractivity contribution in [1.82, 2.24) is 5.59 Å².